The van der Waals surface area contributed by atoms with Gasteiger partial charge in [0.1, 0.15) is 5.75 Å². The number of benzene rings is 2. The molecular formula is C13H11O3P. The molecule has 0 saturated heterocycles. The second kappa shape index (κ2) is 3.46. The maximum Gasteiger partial charge on any atom is 0.409 e. The summed E-state index contributed by atoms with van der Waals surface area (Å²) in [7, 11) is -3.75. The Labute approximate surface area is 99.2 Å². The zero-order valence-corrected chi connectivity index (χ0v) is 10.1. The molecule has 3 nitrogen and oxygen atoms in total. The molecule has 0 fully saturated rings. The summed E-state index contributed by atoms with van der Waals surface area (Å²) in [5.74, 6) is 0.469. The molecule has 4 heteroatoms. The third-order valence-electron chi connectivity index (χ3n) is 2.92. The number of fused-ring (bicyclic) bond motifs is 3. The molecule has 17 heavy (non-hydrogen) atoms. The summed E-state index contributed by atoms with van der Waals surface area (Å²) in [6, 6.07) is 12.8. The summed E-state index contributed by atoms with van der Waals surface area (Å²) in [5.41, 5.74) is 2.44. The summed E-state index contributed by atoms with van der Waals surface area (Å²) in [4.78, 5) is 9.99. The van der Waals surface area contributed by atoms with Crippen molar-refractivity contribution >= 4 is 12.9 Å². The number of rotatable bonds is 0. The van der Waals surface area contributed by atoms with Crippen molar-refractivity contribution in [1.82, 2.24) is 0 Å². The molecular weight excluding hydrogens is 235 g/mol. The number of hydrogen-bond acceptors (Lipinski definition) is 2. The fourth-order valence-electron chi connectivity index (χ4n) is 2.20. The lowest BCUT2D eigenvalue weighted by Crippen LogP contribution is -2.19. The van der Waals surface area contributed by atoms with Crippen LogP contribution in [0.15, 0.2) is 42.5 Å². The van der Waals surface area contributed by atoms with Gasteiger partial charge in [-0.3, -0.25) is 0 Å². The fraction of sp³-hybridized carbons (Fsp3) is 0.0769. The van der Waals surface area contributed by atoms with E-state index in [1.54, 1.807) is 12.1 Å². The predicted molar refractivity (Wildman–Crippen MR) is 66.7 cm³/mol. The van der Waals surface area contributed by atoms with Gasteiger partial charge in [0.25, 0.3) is 0 Å². The average Bonchev–Trinajstić information content (AvgIpc) is 2.28. The first-order valence-electron chi connectivity index (χ1n) is 5.31. The van der Waals surface area contributed by atoms with E-state index in [2.05, 4.69) is 0 Å². The summed E-state index contributed by atoms with van der Waals surface area (Å²) in [5, 5.41) is 0.415. The van der Waals surface area contributed by atoms with E-state index < -0.39 is 7.60 Å². The molecule has 0 amide bonds. The molecule has 0 spiro atoms. The third kappa shape index (κ3) is 1.51. The summed E-state index contributed by atoms with van der Waals surface area (Å²) >= 11 is 0. The summed E-state index contributed by atoms with van der Waals surface area (Å²) in [6.45, 7) is 1.82. The van der Waals surface area contributed by atoms with Crippen molar-refractivity contribution in [3.05, 3.63) is 48.0 Å². The van der Waals surface area contributed by atoms with Gasteiger partial charge in [0.05, 0.1) is 5.30 Å². The summed E-state index contributed by atoms with van der Waals surface area (Å²) < 4.78 is 17.4. The fourth-order valence-corrected chi connectivity index (χ4v) is 3.74. The molecule has 1 aliphatic heterocycles. The van der Waals surface area contributed by atoms with Crippen LogP contribution in [0.3, 0.4) is 0 Å². The molecule has 2 aromatic carbocycles. The van der Waals surface area contributed by atoms with Crippen LogP contribution in [0.4, 0.5) is 0 Å². The van der Waals surface area contributed by atoms with E-state index in [-0.39, 0.29) is 0 Å². The van der Waals surface area contributed by atoms with E-state index >= 15 is 0 Å². The third-order valence-corrected chi connectivity index (χ3v) is 4.52. The summed E-state index contributed by atoms with van der Waals surface area (Å²) in [6.07, 6.45) is 0. The first kappa shape index (κ1) is 10.6. The standard InChI is InChI=1S/C13H11O3P/c1-9-5-4-7-11-10-6-2-3-8-12(10)16-17(14,15)13(9)11/h2-8H,1H3,(H,14,15). The monoisotopic (exact) mass is 246 g/mol. The zero-order valence-electron chi connectivity index (χ0n) is 9.25. The molecule has 0 saturated carbocycles. The number of hydrogen-bond donors (Lipinski definition) is 1. The van der Waals surface area contributed by atoms with Gasteiger partial charge in [-0.15, -0.1) is 0 Å². The van der Waals surface area contributed by atoms with Gasteiger partial charge in [-0.2, -0.15) is 0 Å². The van der Waals surface area contributed by atoms with Crippen LogP contribution in [0.5, 0.6) is 5.75 Å². The van der Waals surface area contributed by atoms with Crippen LogP contribution < -0.4 is 9.83 Å². The Hall–Kier alpha value is -1.57. The van der Waals surface area contributed by atoms with E-state index in [4.69, 9.17) is 4.52 Å². The van der Waals surface area contributed by atoms with Gasteiger partial charge >= 0.3 is 7.60 Å². The molecule has 1 unspecified atom stereocenters. The molecule has 0 aliphatic carbocycles. The van der Waals surface area contributed by atoms with Gasteiger partial charge in [-0.25, -0.2) is 4.57 Å². The lowest BCUT2D eigenvalue weighted by Gasteiger charge is -2.25. The van der Waals surface area contributed by atoms with E-state index in [0.29, 0.717) is 11.1 Å². The first-order chi connectivity index (χ1) is 8.09. The quantitative estimate of drug-likeness (QED) is 0.727. The maximum absolute atomic E-state index is 12.2. The van der Waals surface area contributed by atoms with Gasteiger partial charge in [0, 0.05) is 11.1 Å². The van der Waals surface area contributed by atoms with Crippen LogP contribution in [0, 0.1) is 6.92 Å². The van der Waals surface area contributed by atoms with Crippen LogP contribution in [0.25, 0.3) is 11.1 Å². The second-order valence-electron chi connectivity index (χ2n) is 4.08. The molecule has 3 rings (SSSR count). The Morgan fingerprint density at radius 2 is 1.76 bits per heavy atom. The maximum atomic E-state index is 12.2. The average molecular weight is 246 g/mol. The smallest absolute Gasteiger partial charge is 0.409 e. The molecule has 1 heterocycles. The van der Waals surface area contributed by atoms with Crippen LogP contribution in [0.1, 0.15) is 5.56 Å². The van der Waals surface area contributed by atoms with Crippen molar-refractivity contribution in [2.75, 3.05) is 0 Å². The topological polar surface area (TPSA) is 46.5 Å². The largest absolute Gasteiger partial charge is 0.421 e. The van der Waals surface area contributed by atoms with Gasteiger partial charge in [-0.05, 0) is 18.6 Å². The Morgan fingerprint density at radius 1 is 1.06 bits per heavy atom. The Balaban J connectivity index is 2.41. The molecule has 1 N–H and O–H groups in total. The highest BCUT2D eigenvalue weighted by atomic mass is 31.2. The van der Waals surface area contributed by atoms with Crippen LogP contribution in [-0.4, -0.2) is 4.89 Å². The Morgan fingerprint density at radius 3 is 2.59 bits per heavy atom. The highest BCUT2D eigenvalue weighted by Gasteiger charge is 2.35. The van der Waals surface area contributed by atoms with Gasteiger partial charge in [0.15, 0.2) is 0 Å². The van der Waals surface area contributed by atoms with Crippen LogP contribution >= 0.6 is 7.60 Å². The number of para-hydroxylation sites is 1. The first-order valence-corrected chi connectivity index (χ1v) is 6.89. The molecule has 1 aliphatic rings. The van der Waals surface area contributed by atoms with Crippen molar-refractivity contribution in [2.45, 2.75) is 6.92 Å². The van der Waals surface area contributed by atoms with Gasteiger partial charge in [0.2, 0.25) is 0 Å². The normalized spacial score (nSPS) is 21.3. The SMILES string of the molecule is Cc1cccc2c1P(=O)(O)Oc1ccccc1-2. The minimum absolute atomic E-state index is 0.415. The van der Waals surface area contributed by atoms with E-state index in [9.17, 15) is 9.46 Å². The Kier molecular flexibility index (Phi) is 2.15. The molecule has 86 valence electrons. The van der Waals surface area contributed by atoms with E-state index in [1.165, 1.54) is 0 Å². The highest BCUT2D eigenvalue weighted by molar-refractivity contribution is 7.62. The van der Waals surface area contributed by atoms with Crippen molar-refractivity contribution < 1.29 is 14.0 Å². The lowest BCUT2D eigenvalue weighted by atomic mass is 10.0. The van der Waals surface area contributed by atoms with Crippen molar-refractivity contribution in [3.8, 4) is 16.9 Å². The minimum Gasteiger partial charge on any atom is -0.421 e. The molecule has 0 bridgehead atoms. The van der Waals surface area contributed by atoms with Gasteiger partial charge < -0.3 is 9.42 Å². The molecule has 0 radical (unpaired) electrons. The molecule has 1 atom stereocenters. The second-order valence-corrected chi connectivity index (χ2v) is 5.75. The van der Waals surface area contributed by atoms with Crippen molar-refractivity contribution in [1.29, 1.82) is 0 Å². The minimum atomic E-state index is -3.75. The van der Waals surface area contributed by atoms with Crippen molar-refractivity contribution in [3.63, 3.8) is 0 Å². The van der Waals surface area contributed by atoms with Crippen molar-refractivity contribution in [2.24, 2.45) is 0 Å². The lowest BCUT2D eigenvalue weighted by molar-refractivity contribution is 0.392. The highest BCUT2D eigenvalue weighted by Crippen LogP contribution is 2.52. The van der Waals surface area contributed by atoms with E-state index in [0.717, 1.165) is 16.7 Å². The molecule has 0 aromatic heterocycles. The van der Waals surface area contributed by atoms with Crippen LogP contribution in [0.2, 0.25) is 0 Å². The van der Waals surface area contributed by atoms with Crippen LogP contribution in [-0.2, 0) is 4.57 Å². The predicted octanol–water partition coefficient (Wildman–Crippen LogP) is 2.87. The van der Waals surface area contributed by atoms with Gasteiger partial charge in [-0.1, -0.05) is 36.4 Å². The number of aryl methyl sites for hydroxylation is 1. The Bertz CT molecular complexity index is 649. The van der Waals surface area contributed by atoms with E-state index in [1.807, 2.05) is 37.3 Å². The molecule has 2 aromatic rings. The zero-order chi connectivity index (χ0) is 12.0.